The lowest BCUT2D eigenvalue weighted by atomic mass is 9.92. The molecule has 1 aliphatic carbocycles. The molecule has 3 rings (SSSR count). The highest BCUT2D eigenvalue weighted by atomic mass is 16.5. The maximum atomic E-state index is 5.48. The molecule has 102 valence electrons. The highest BCUT2D eigenvalue weighted by Crippen LogP contribution is 2.25. The molecule has 1 heterocycles. The van der Waals surface area contributed by atoms with Crippen molar-refractivity contribution >= 4 is 16.7 Å². The normalized spacial score (nSPS) is 23.7. The van der Waals surface area contributed by atoms with Crippen LogP contribution in [0.5, 0.6) is 0 Å². The lowest BCUT2D eigenvalue weighted by Crippen LogP contribution is -2.30. The fourth-order valence-electron chi connectivity index (χ4n) is 2.95. The predicted octanol–water partition coefficient (Wildman–Crippen LogP) is 3.24. The van der Waals surface area contributed by atoms with Crippen molar-refractivity contribution in [3.63, 3.8) is 0 Å². The Balaban J connectivity index is 1.73. The van der Waals surface area contributed by atoms with Gasteiger partial charge in [-0.2, -0.15) is 0 Å². The molecule has 1 aromatic heterocycles. The molecule has 0 saturated heterocycles. The number of anilines is 1. The van der Waals surface area contributed by atoms with Gasteiger partial charge in [-0.15, -0.1) is 0 Å². The van der Waals surface area contributed by atoms with Gasteiger partial charge in [-0.25, -0.2) is 4.98 Å². The number of nitrogens with zero attached hydrogens (tertiary/aromatic N) is 1. The summed E-state index contributed by atoms with van der Waals surface area (Å²) in [6, 6.07) is 6.84. The van der Waals surface area contributed by atoms with Crippen LogP contribution in [0.15, 0.2) is 18.2 Å². The van der Waals surface area contributed by atoms with Crippen LogP contribution in [0, 0.1) is 6.92 Å². The first-order valence-electron chi connectivity index (χ1n) is 7.00. The van der Waals surface area contributed by atoms with E-state index in [2.05, 4.69) is 33.5 Å². The number of rotatable bonds is 3. The summed E-state index contributed by atoms with van der Waals surface area (Å²) in [7, 11) is 1.81. The monoisotopic (exact) mass is 259 g/mol. The van der Waals surface area contributed by atoms with Crippen molar-refractivity contribution < 1.29 is 4.74 Å². The minimum atomic E-state index is 0.407. The molecule has 0 radical (unpaired) electrons. The van der Waals surface area contributed by atoms with Gasteiger partial charge in [0.15, 0.2) is 0 Å². The number of aryl methyl sites for hydroxylation is 1. The van der Waals surface area contributed by atoms with E-state index < -0.39 is 0 Å². The van der Waals surface area contributed by atoms with Crippen LogP contribution in [0.3, 0.4) is 0 Å². The van der Waals surface area contributed by atoms with E-state index in [0.717, 1.165) is 29.0 Å². The zero-order valence-electron chi connectivity index (χ0n) is 11.6. The van der Waals surface area contributed by atoms with E-state index in [1.165, 1.54) is 19.3 Å². The van der Waals surface area contributed by atoms with Gasteiger partial charge in [0.2, 0.25) is 0 Å². The molecule has 0 aliphatic heterocycles. The van der Waals surface area contributed by atoms with E-state index in [9.17, 15) is 0 Å². The molecule has 0 spiro atoms. The number of imidazole rings is 1. The second-order valence-electron chi connectivity index (χ2n) is 5.42. The van der Waals surface area contributed by atoms with E-state index in [0.29, 0.717) is 12.1 Å². The summed E-state index contributed by atoms with van der Waals surface area (Å²) in [5.74, 6) is 0.962. The zero-order valence-corrected chi connectivity index (χ0v) is 11.6. The molecule has 4 heteroatoms. The van der Waals surface area contributed by atoms with Crippen molar-refractivity contribution in [3.8, 4) is 0 Å². The second kappa shape index (κ2) is 5.21. The lowest BCUT2D eigenvalue weighted by Gasteiger charge is -2.29. The average molecular weight is 259 g/mol. The summed E-state index contributed by atoms with van der Waals surface area (Å²) in [4.78, 5) is 7.70. The van der Waals surface area contributed by atoms with Crippen LogP contribution in [-0.4, -0.2) is 29.2 Å². The number of ether oxygens (including phenoxy) is 1. The number of fused-ring (bicyclic) bond motifs is 1. The standard InChI is InChI=1S/C15H21N3O/c1-10-16-14-7-6-12(9-15(14)17-10)18-11-4-3-5-13(8-11)19-2/h6-7,9,11,13,18H,3-5,8H2,1-2H3,(H,16,17). The molecule has 2 atom stereocenters. The molecular formula is C15H21N3O. The number of hydrogen-bond acceptors (Lipinski definition) is 3. The topological polar surface area (TPSA) is 49.9 Å². The third-order valence-electron chi connectivity index (χ3n) is 3.93. The number of hydrogen-bond donors (Lipinski definition) is 2. The van der Waals surface area contributed by atoms with Gasteiger partial charge in [-0.1, -0.05) is 0 Å². The Kier molecular flexibility index (Phi) is 3.42. The van der Waals surface area contributed by atoms with E-state index in [1.54, 1.807) is 0 Å². The molecule has 2 aromatic rings. The maximum Gasteiger partial charge on any atom is 0.104 e. The summed E-state index contributed by atoms with van der Waals surface area (Å²) in [5.41, 5.74) is 3.29. The third-order valence-corrected chi connectivity index (χ3v) is 3.93. The first-order valence-corrected chi connectivity index (χ1v) is 7.00. The smallest absolute Gasteiger partial charge is 0.104 e. The van der Waals surface area contributed by atoms with Crippen LogP contribution in [0.1, 0.15) is 31.5 Å². The van der Waals surface area contributed by atoms with Gasteiger partial charge >= 0.3 is 0 Å². The molecule has 1 fully saturated rings. The number of methoxy groups -OCH3 is 1. The summed E-state index contributed by atoms with van der Waals surface area (Å²) in [6.07, 6.45) is 5.15. The van der Waals surface area contributed by atoms with Crippen LogP contribution in [0.2, 0.25) is 0 Å². The second-order valence-corrected chi connectivity index (χ2v) is 5.42. The Bertz CT molecular complexity index is 564. The molecule has 0 amide bonds. The van der Waals surface area contributed by atoms with Crippen molar-refractivity contribution in [2.45, 2.75) is 44.8 Å². The van der Waals surface area contributed by atoms with E-state index in [4.69, 9.17) is 4.74 Å². The zero-order chi connectivity index (χ0) is 13.2. The quantitative estimate of drug-likeness (QED) is 0.889. The Morgan fingerprint density at radius 1 is 1.37 bits per heavy atom. The fraction of sp³-hybridized carbons (Fsp3) is 0.533. The van der Waals surface area contributed by atoms with Crippen molar-refractivity contribution in [2.24, 2.45) is 0 Å². The highest BCUT2D eigenvalue weighted by Gasteiger charge is 2.21. The maximum absolute atomic E-state index is 5.48. The van der Waals surface area contributed by atoms with Crippen LogP contribution >= 0.6 is 0 Å². The molecule has 4 nitrogen and oxygen atoms in total. The van der Waals surface area contributed by atoms with E-state index >= 15 is 0 Å². The molecular weight excluding hydrogens is 238 g/mol. The lowest BCUT2D eigenvalue weighted by molar-refractivity contribution is 0.0669. The van der Waals surface area contributed by atoms with Crippen molar-refractivity contribution in [1.29, 1.82) is 0 Å². The molecule has 19 heavy (non-hydrogen) atoms. The average Bonchev–Trinajstić information content (AvgIpc) is 2.78. The Hall–Kier alpha value is -1.55. The number of aromatic amines is 1. The van der Waals surface area contributed by atoms with Crippen LogP contribution in [-0.2, 0) is 4.74 Å². The molecule has 1 aliphatic rings. The fourth-order valence-corrected chi connectivity index (χ4v) is 2.95. The first kappa shape index (κ1) is 12.5. The highest BCUT2D eigenvalue weighted by molar-refractivity contribution is 5.79. The molecule has 2 unspecified atom stereocenters. The first-order chi connectivity index (χ1) is 9.24. The van der Waals surface area contributed by atoms with Crippen LogP contribution < -0.4 is 5.32 Å². The van der Waals surface area contributed by atoms with Crippen molar-refractivity contribution in [2.75, 3.05) is 12.4 Å². The van der Waals surface area contributed by atoms with Crippen molar-refractivity contribution in [3.05, 3.63) is 24.0 Å². The molecule has 1 saturated carbocycles. The Morgan fingerprint density at radius 3 is 3.11 bits per heavy atom. The van der Waals surface area contributed by atoms with Gasteiger partial charge in [0.05, 0.1) is 17.1 Å². The Morgan fingerprint density at radius 2 is 2.26 bits per heavy atom. The number of nitrogens with one attached hydrogen (secondary N) is 2. The molecule has 2 N–H and O–H groups in total. The van der Waals surface area contributed by atoms with E-state index in [-0.39, 0.29) is 0 Å². The minimum absolute atomic E-state index is 0.407. The van der Waals surface area contributed by atoms with Crippen LogP contribution in [0.25, 0.3) is 11.0 Å². The van der Waals surface area contributed by atoms with Gasteiger partial charge in [0.25, 0.3) is 0 Å². The molecule has 0 bridgehead atoms. The summed E-state index contributed by atoms with van der Waals surface area (Å²) in [6.45, 7) is 1.98. The largest absolute Gasteiger partial charge is 0.382 e. The SMILES string of the molecule is COC1CCCC(Nc2ccc3nc(C)[nH]c3c2)C1. The summed E-state index contributed by atoms with van der Waals surface area (Å²) < 4.78 is 5.48. The van der Waals surface area contributed by atoms with Gasteiger partial charge < -0.3 is 15.0 Å². The summed E-state index contributed by atoms with van der Waals surface area (Å²) in [5, 5.41) is 3.62. The summed E-state index contributed by atoms with van der Waals surface area (Å²) >= 11 is 0. The van der Waals surface area contributed by atoms with E-state index in [1.807, 2.05) is 14.0 Å². The third kappa shape index (κ3) is 2.73. The minimum Gasteiger partial charge on any atom is -0.382 e. The van der Waals surface area contributed by atoms with Gasteiger partial charge in [0.1, 0.15) is 5.82 Å². The molecule has 1 aromatic carbocycles. The van der Waals surface area contributed by atoms with Gasteiger partial charge in [-0.05, 0) is 50.8 Å². The number of benzene rings is 1. The predicted molar refractivity (Wildman–Crippen MR) is 77.5 cm³/mol. The number of H-pyrrole nitrogens is 1. The number of aromatic nitrogens is 2. The van der Waals surface area contributed by atoms with Crippen LogP contribution in [0.4, 0.5) is 5.69 Å². The Labute approximate surface area is 113 Å². The van der Waals surface area contributed by atoms with Gasteiger partial charge in [0, 0.05) is 18.8 Å². The van der Waals surface area contributed by atoms with Crippen molar-refractivity contribution in [1.82, 2.24) is 9.97 Å². The van der Waals surface area contributed by atoms with Gasteiger partial charge in [-0.3, -0.25) is 0 Å².